The average molecular weight is 288 g/mol. The molecule has 0 aliphatic heterocycles. The molecule has 4 nitrogen and oxygen atoms in total. The molecule has 2 rings (SSSR count). The SMILES string of the molecule is C=Cc1ccc(OCCC(=O)OC2CCCC(=O)C2)cc1. The summed E-state index contributed by atoms with van der Waals surface area (Å²) < 4.78 is 10.8. The molecule has 0 bridgehead atoms. The molecule has 0 amide bonds. The van der Waals surface area contributed by atoms with Crippen molar-refractivity contribution in [2.45, 2.75) is 38.2 Å². The quantitative estimate of drug-likeness (QED) is 0.755. The molecular formula is C17H20O4. The lowest BCUT2D eigenvalue weighted by atomic mass is 9.96. The van der Waals surface area contributed by atoms with Gasteiger partial charge in [0, 0.05) is 12.8 Å². The fraction of sp³-hybridized carbons (Fsp3) is 0.412. The van der Waals surface area contributed by atoms with Crippen LogP contribution in [0, 0.1) is 0 Å². The van der Waals surface area contributed by atoms with Crippen LogP contribution in [0.5, 0.6) is 5.75 Å². The molecule has 0 N–H and O–H groups in total. The van der Waals surface area contributed by atoms with Gasteiger partial charge >= 0.3 is 5.97 Å². The Morgan fingerprint density at radius 1 is 1.33 bits per heavy atom. The zero-order valence-electron chi connectivity index (χ0n) is 12.0. The fourth-order valence-electron chi connectivity index (χ4n) is 2.28. The number of carbonyl (C=O) groups excluding carboxylic acids is 2. The summed E-state index contributed by atoms with van der Waals surface area (Å²) in [5.74, 6) is 0.580. The van der Waals surface area contributed by atoms with Crippen molar-refractivity contribution >= 4 is 17.8 Å². The summed E-state index contributed by atoms with van der Waals surface area (Å²) in [6.45, 7) is 3.95. The highest BCUT2D eigenvalue weighted by Crippen LogP contribution is 2.18. The monoisotopic (exact) mass is 288 g/mol. The number of benzene rings is 1. The van der Waals surface area contributed by atoms with Crippen LogP contribution in [-0.2, 0) is 14.3 Å². The molecule has 0 radical (unpaired) electrons. The molecule has 1 fully saturated rings. The molecule has 1 saturated carbocycles. The highest BCUT2D eigenvalue weighted by atomic mass is 16.5. The predicted molar refractivity (Wildman–Crippen MR) is 80.0 cm³/mol. The number of rotatable bonds is 6. The lowest BCUT2D eigenvalue weighted by molar-refractivity contribution is -0.152. The summed E-state index contributed by atoms with van der Waals surface area (Å²) in [6, 6.07) is 7.47. The number of ether oxygens (including phenoxy) is 2. The van der Waals surface area contributed by atoms with Crippen molar-refractivity contribution < 1.29 is 19.1 Å². The first-order valence-corrected chi connectivity index (χ1v) is 7.24. The predicted octanol–water partition coefficient (Wildman–Crippen LogP) is 3.15. The van der Waals surface area contributed by atoms with Crippen molar-refractivity contribution in [3.8, 4) is 5.75 Å². The van der Waals surface area contributed by atoms with Crippen LogP contribution in [-0.4, -0.2) is 24.5 Å². The Bertz CT molecular complexity index is 504. The molecule has 1 aromatic carbocycles. The molecule has 1 atom stereocenters. The molecule has 112 valence electrons. The maximum absolute atomic E-state index is 11.7. The van der Waals surface area contributed by atoms with Crippen molar-refractivity contribution in [2.75, 3.05) is 6.61 Å². The Labute approximate surface area is 124 Å². The van der Waals surface area contributed by atoms with Crippen LogP contribution < -0.4 is 4.74 Å². The van der Waals surface area contributed by atoms with Gasteiger partial charge in [0.1, 0.15) is 17.6 Å². The smallest absolute Gasteiger partial charge is 0.309 e. The zero-order chi connectivity index (χ0) is 15.1. The molecule has 1 unspecified atom stereocenters. The number of Topliss-reactive ketones (excluding diaryl/α,β-unsaturated/α-hetero) is 1. The van der Waals surface area contributed by atoms with Gasteiger partial charge in [0.2, 0.25) is 0 Å². The second-order valence-corrected chi connectivity index (χ2v) is 5.12. The van der Waals surface area contributed by atoms with Crippen LogP contribution in [0.25, 0.3) is 6.08 Å². The van der Waals surface area contributed by atoms with E-state index >= 15 is 0 Å². The normalized spacial score (nSPS) is 18.1. The Morgan fingerprint density at radius 3 is 2.76 bits per heavy atom. The standard InChI is InChI=1S/C17H20O4/c1-2-13-6-8-15(9-7-13)20-11-10-17(19)21-16-5-3-4-14(18)12-16/h2,6-9,16H,1,3-5,10-12H2. The van der Waals surface area contributed by atoms with Gasteiger partial charge in [-0.05, 0) is 30.5 Å². The molecule has 1 aromatic rings. The highest BCUT2D eigenvalue weighted by molar-refractivity contribution is 5.80. The third-order valence-corrected chi connectivity index (χ3v) is 3.43. The largest absolute Gasteiger partial charge is 0.493 e. The van der Waals surface area contributed by atoms with E-state index in [0.29, 0.717) is 18.6 Å². The van der Waals surface area contributed by atoms with Gasteiger partial charge in [0.15, 0.2) is 0 Å². The Morgan fingerprint density at radius 2 is 2.10 bits per heavy atom. The summed E-state index contributed by atoms with van der Waals surface area (Å²) in [4.78, 5) is 23.0. The summed E-state index contributed by atoms with van der Waals surface area (Å²) in [5.41, 5.74) is 1.02. The Balaban J connectivity index is 1.68. The van der Waals surface area contributed by atoms with Crippen LogP contribution in [0.2, 0.25) is 0 Å². The lowest BCUT2D eigenvalue weighted by Crippen LogP contribution is -2.26. The van der Waals surface area contributed by atoms with Gasteiger partial charge in [0.25, 0.3) is 0 Å². The molecular weight excluding hydrogens is 268 g/mol. The van der Waals surface area contributed by atoms with Gasteiger partial charge in [0.05, 0.1) is 13.0 Å². The van der Waals surface area contributed by atoms with Crippen molar-refractivity contribution in [1.82, 2.24) is 0 Å². The number of hydrogen-bond donors (Lipinski definition) is 0. The van der Waals surface area contributed by atoms with E-state index < -0.39 is 0 Å². The molecule has 0 heterocycles. The number of hydrogen-bond acceptors (Lipinski definition) is 4. The van der Waals surface area contributed by atoms with E-state index in [1.807, 2.05) is 24.3 Å². The van der Waals surface area contributed by atoms with E-state index in [1.54, 1.807) is 6.08 Å². The Hall–Kier alpha value is -2.10. The van der Waals surface area contributed by atoms with Gasteiger partial charge in [-0.2, -0.15) is 0 Å². The topological polar surface area (TPSA) is 52.6 Å². The first kappa shape index (κ1) is 15.3. The van der Waals surface area contributed by atoms with E-state index in [-0.39, 0.29) is 30.9 Å². The second kappa shape index (κ2) is 7.62. The minimum absolute atomic E-state index is 0.178. The third-order valence-electron chi connectivity index (χ3n) is 3.43. The summed E-state index contributed by atoms with van der Waals surface area (Å²) in [5, 5.41) is 0. The maximum Gasteiger partial charge on any atom is 0.309 e. The summed E-state index contributed by atoms with van der Waals surface area (Å²) in [7, 11) is 0. The van der Waals surface area contributed by atoms with Gasteiger partial charge in [-0.1, -0.05) is 24.8 Å². The fourth-order valence-corrected chi connectivity index (χ4v) is 2.28. The van der Waals surface area contributed by atoms with E-state index in [0.717, 1.165) is 18.4 Å². The van der Waals surface area contributed by atoms with Gasteiger partial charge in [-0.15, -0.1) is 0 Å². The third kappa shape index (κ3) is 5.06. The Kier molecular flexibility index (Phi) is 5.55. The first-order valence-electron chi connectivity index (χ1n) is 7.24. The lowest BCUT2D eigenvalue weighted by Gasteiger charge is -2.21. The van der Waals surface area contributed by atoms with Gasteiger partial charge in [-0.3, -0.25) is 9.59 Å². The van der Waals surface area contributed by atoms with Crippen LogP contribution in [0.15, 0.2) is 30.8 Å². The minimum atomic E-state index is -0.308. The van der Waals surface area contributed by atoms with Crippen LogP contribution >= 0.6 is 0 Å². The van der Waals surface area contributed by atoms with Crippen LogP contribution in [0.4, 0.5) is 0 Å². The molecule has 0 spiro atoms. The van der Waals surface area contributed by atoms with Gasteiger partial charge in [-0.25, -0.2) is 0 Å². The van der Waals surface area contributed by atoms with Crippen molar-refractivity contribution in [1.29, 1.82) is 0 Å². The average Bonchev–Trinajstić information content (AvgIpc) is 2.48. The van der Waals surface area contributed by atoms with E-state index in [2.05, 4.69) is 6.58 Å². The first-order chi connectivity index (χ1) is 10.2. The zero-order valence-corrected chi connectivity index (χ0v) is 12.0. The van der Waals surface area contributed by atoms with Gasteiger partial charge < -0.3 is 9.47 Å². The van der Waals surface area contributed by atoms with Crippen molar-refractivity contribution in [3.05, 3.63) is 36.4 Å². The molecule has 21 heavy (non-hydrogen) atoms. The molecule has 0 aromatic heterocycles. The molecule has 0 saturated heterocycles. The molecule has 1 aliphatic carbocycles. The van der Waals surface area contributed by atoms with E-state index in [1.165, 1.54) is 0 Å². The summed E-state index contributed by atoms with van der Waals surface area (Å²) in [6.07, 6.45) is 4.25. The number of esters is 1. The minimum Gasteiger partial charge on any atom is -0.493 e. The molecule has 1 aliphatic rings. The van der Waals surface area contributed by atoms with Crippen LogP contribution in [0.3, 0.4) is 0 Å². The van der Waals surface area contributed by atoms with Crippen LogP contribution in [0.1, 0.15) is 37.7 Å². The second-order valence-electron chi connectivity index (χ2n) is 5.12. The molecule has 4 heteroatoms. The number of ketones is 1. The number of carbonyl (C=O) groups is 2. The summed E-state index contributed by atoms with van der Waals surface area (Å²) >= 11 is 0. The highest BCUT2D eigenvalue weighted by Gasteiger charge is 2.22. The maximum atomic E-state index is 11.7. The van der Waals surface area contributed by atoms with E-state index in [4.69, 9.17) is 9.47 Å². The van der Waals surface area contributed by atoms with E-state index in [9.17, 15) is 9.59 Å². The van der Waals surface area contributed by atoms with Crippen molar-refractivity contribution in [2.24, 2.45) is 0 Å². The van der Waals surface area contributed by atoms with Crippen molar-refractivity contribution in [3.63, 3.8) is 0 Å².